The average Bonchev–Trinajstić information content (AvgIpc) is 2.49. The first kappa shape index (κ1) is 10.9. The van der Waals surface area contributed by atoms with Crippen LogP contribution in [0.1, 0.15) is 18.7 Å². The zero-order chi connectivity index (χ0) is 10.8. The molecule has 1 saturated carbocycles. The smallest absolute Gasteiger partial charge is 0.140 e. The van der Waals surface area contributed by atoms with Crippen LogP contribution in [-0.4, -0.2) is 38.6 Å². The summed E-state index contributed by atoms with van der Waals surface area (Å²) in [6.07, 6.45) is 3.91. The zero-order valence-electron chi connectivity index (χ0n) is 9.23. The minimum Gasteiger partial charge on any atom is -0.299 e. The Balaban J connectivity index is 1.77. The van der Waals surface area contributed by atoms with Crippen LogP contribution in [0.5, 0.6) is 0 Å². The molecular weight excluding hydrogens is 212 g/mol. The van der Waals surface area contributed by atoms with Gasteiger partial charge in [0.25, 0.3) is 0 Å². The molecule has 1 aliphatic carbocycles. The molecule has 1 fully saturated rings. The SMILES string of the molecule is CN(Cc1ncnn1C)CC1CC(Cl)C1. The Morgan fingerprint density at radius 1 is 1.60 bits per heavy atom. The summed E-state index contributed by atoms with van der Waals surface area (Å²) in [6.45, 7) is 1.97. The molecule has 1 aromatic rings. The van der Waals surface area contributed by atoms with E-state index in [4.69, 9.17) is 11.6 Å². The molecular formula is C10H17ClN4. The van der Waals surface area contributed by atoms with Gasteiger partial charge in [0.15, 0.2) is 0 Å². The van der Waals surface area contributed by atoms with Crippen LogP contribution in [0.25, 0.3) is 0 Å². The fourth-order valence-corrected chi connectivity index (χ4v) is 2.52. The number of alkyl halides is 1. The first-order valence-electron chi connectivity index (χ1n) is 5.30. The van der Waals surface area contributed by atoms with E-state index in [9.17, 15) is 0 Å². The molecule has 4 nitrogen and oxygen atoms in total. The lowest BCUT2D eigenvalue weighted by molar-refractivity contribution is 0.199. The van der Waals surface area contributed by atoms with Gasteiger partial charge in [0.05, 0.1) is 6.54 Å². The van der Waals surface area contributed by atoms with Gasteiger partial charge in [-0.1, -0.05) is 0 Å². The lowest BCUT2D eigenvalue weighted by atomic mass is 9.84. The molecule has 0 amide bonds. The number of hydrogen-bond donors (Lipinski definition) is 0. The molecule has 0 atom stereocenters. The molecule has 2 rings (SSSR count). The summed E-state index contributed by atoms with van der Waals surface area (Å²) >= 11 is 5.95. The Morgan fingerprint density at radius 2 is 2.33 bits per heavy atom. The van der Waals surface area contributed by atoms with Gasteiger partial charge in [0.1, 0.15) is 12.2 Å². The maximum atomic E-state index is 5.95. The Hall–Kier alpha value is -0.610. The van der Waals surface area contributed by atoms with Crippen molar-refractivity contribution in [2.24, 2.45) is 13.0 Å². The van der Waals surface area contributed by atoms with Gasteiger partial charge in [-0.25, -0.2) is 4.98 Å². The van der Waals surface area contributed by atoms with Crippen molar-refractivity contribution in [2.45, 2.75) is 24.8 Å². The minimum absolute atomic E-state index is 0.415. The highest BCUT2D eigenvalue weighted by molar-refractivity contribution is 6.21. The van der Waals surface area contributed by atoms with Crippen molar-refractivity contribution in [1.29, 1.82) is 0 Å². The second kappa shape index (κ2) is 4.49. The number of hydrogen-bond acceptors (Lipinski definition) is 3. The predicted molar refractivity (Wildman–Crippen MR) is 59.7 cm³/mol. The Kier molecular flexibility index (Phi) is 3.26. The van der Waals surface area contributed by atoms with E-state index in [1.165, 1.54) is 0 Å². The van der Waals surface area contributed by atoms with Crippen LogP contribution < -0.4 is 0 Å². The van der Waals surface area contributed by atoms with Crippen molar-refractivity contribution >= 4 is 11.6 Å². The molecule has 0 bridgehead atoms. The first-order chi connectivity index (χ1) is 7.15. The lowest BCUT2D eigenvalue weighted by Gasteiger charge is -2.33. The molecule has 84 valence electrons. The molecule has 0 radical (unpaired) electrons. The second-order valence-corrected chi connectivity index (χ2v) is 5.05. The Bertz CT molecular complexity index is 319. The van der Waals surface area contributed by atoms with Crippen LogP contribution in [0, 0.1) is 5.92 Å². The summed E-state index contributed by atoms with van der Waals surface area (Å²) in [6, 6.07) is 0. The molecule has 5 heteroatoms. The van der Waals surface area contributed by atoms with Crippen LogP contribution in [0.2, 0.25) is 0 Å². The fourth-order valence-electron chi connectivity index (χ4n) is 2.01. The summed E-state index contributed by atoms with van der Waals surface area (Å²) in [5.74, 6) is 1.78. The second-order valence-electron chi connectivity index (χ2n) is 4.43. The molecule has 0 spiro atoms. The highest BCUT2D eigenvalue weighted by Gasteiger charge is 2.28. The topological polar surface area (TPSA) is 34.0 Å². The highest BCUT2D eigenvalue weighted by atomic mass is 35.5. The minimum atomic E-state index is 0.415. The molecule has 0 aromatic carbocycles. The van der Waals surface area contributed by atoms with Gasteiger partial charge >= 0.3 is 0 Å². The van der Waals surface area contributed by atoms with Crippen LogP contribution in [0.15, 0.2) is 6.33 Å². The monoisotopic (exact) mass is 228 g/mol. The van der Waals surface area contributed by atoms with Crippen LogP contribution in [0.4, 0.5) is 0 Å². The normalized spacial score (nSPS) is 25.6. The zero-order valence-corrected chi connectivity index (χ0v) is 9.98. The van der Waals surface area contributed by atoms with Gasteiger partial charge in [-0.3, -0.25) is 9.58 Å². The van der Waals surface area contributed by atoms with Gasteiger partial charge in [0.2, 0.25) is 0 Å². The van der Waals surface area contributed by atoms with Crippen molar-refractivity contribution in [3.63, 3.8) is 0 Å². The third kappa shape index (κ3) is 2.69. The van der Waals surface area contributed by atoms with Crippen molar-refractivity contribution in [3.8, 4) is 0 Å². The standard InChI is InChI=1S/C10H17ClN4/c1-14(5-8-3-9(11)4-8)6-10-12-7-13-15(10)2/h7-9H,3-6H2,1-2H3. The van der Waals surface area contributed by atoms with E-state index < -0.39 is 0 Å². The maximum Gasteiger partial charge on any atom is 0.140 e. The fraction of sp³-hybridized carbons (Fsp3) is 0.800. The highest BCUT2D eigenvalue weighted by Crippen LogP contribution is 2.32. The average molecular weight is 229 g/mol. The summed E-state index contributed by atoms with van der Waals surface area (Å²) in [5, 5.41) is 4.47. The van der Waals surface area contributed by atoms with Gasteiger partial charge in [-0.05, 0) is 25.8 Å². The molecule has 0 saturated heterocycles. The number of aromatic nitrogens is 3. The van der Waals surface area contributed by atoms with Crippen molar-refractivity contribution in [3.05, 3.63) is 12.2 Å². The first-order valence-corrected chi connectivity index (χ1v) is 5.74. The van der Waals surface area contributed by atoms with Gasteiger partial charge in [-0.2, -0.15) is 5.10 Å². The summed E-state index contributed by atoms with van der Waals surface area (Å²) < 4.78 is 1.82. The lowest BCUT2D eigenvalue weighted by Crippen LogP contribution is -2.35. The van der Waals surface area contributed by atoms with Crippen molar-refractivity contribution < 1.29 is 0 Å². The molecule has 1 heterocycles. The van der Waals surface area contributed by atoms with E-state index in [0.717, 1.165) is 37.7 Å². The van der Waals surface area contributed by atoms with Crippen LogP contribution >= 0.6 is 11.6 Å². The molecule has 0 N–H and O–H groups in total. The molecule has 0 unspecified atom stereocenters. The van der Waals surface area contributed by atoms with E-state index in [1.807, 2.05) is 11.7 Å². The molecule has 0 aliphatic heterocycles. The predicted octanol–water partition coefficient (Wildman–Crippen LogP) is 1.26. The molecule has 1 aromatic heterocycles. The quantitative estimate of drug-likeness (QED) is 0.728. The van der Waals surface area contributed by atoms with Crippen LogP contribution in [0.3, 0.4) is 0 Å². The van der Waals surface area contributed by atoms with Crippen molar-refractivity contribution in [1.82, 2.24) is 19.7 Å². The number of nitrogens with zero attached hydrogens (tertiary/aromatic N) is 4. The van der Waals surface area contributed by atoms with Gasteiger partial charge in [0, 0.05) is 19.0 Å². The third-order valence-corrected chi connectivity index (χ3v) is 3.32. The van der Waals surface area contributed by atoms with Crippen LogP contribution in [-0.2, 0) is 13.6 Å². The van der Waals surface area contributed by atoms with Crippen molar-refractivity contribution in [2.75, 3.05) is 13.6 Å². The molecule has 1 aliphatic rings. The van der Waals surface area contributed by atoms with E-state index in [2.05, 4.69) is 22.0 Å². The summed E-state index contributed by atoms with van der Waals surface area (Å²) in [4.78, 5) is 6.50. The maximum absolute atomic E-state index is 5.95. The van der Waals surface area contributed by atoms with E-state index in [1.54, 1.807) is 6.33 Å². The third-order valence-electron chi connectivity index (χ3n) is 2.96. The van der Waals surface area contributed by atoms with E-state index in [0.29, 0.717) is 5.38 Å². The van der Waals surface area contributed by atoms with E-state index >= 15 is 0 Å². The van der Waals surface area contributed by atoms with Gasteiger partial charge in [-0.15, -0.1) is 11.6 Å². The number of aryl methyl sites for hydroxylation is 1. The number of rotatable bonds is 4. The number of halogens is 1. The summed E-state index contributed by atoms with van der Waals surface area (Å²) in [5.41, 5.74) is 0. The van der Waals surface area contributed by atoms with E-state index in [-0.39, 0.29) is 0 Å². The largest absolute Gasteiger partial charge is 0.299 e. The Morgan fingerprint density at radius 3 is 2.87 bits per heavy atom. The van der Waals surface area contributed by atoms with Gasteiger partial charge < -0.3 is 0 Å². The Labute approximate surface area is 95.2 Å². The molecule has 15 heavy (non-hydrogen) atoms. The summed E-state index contributed by atoms with van der Waals surface area (Å²) in [7, 11) is 4.05.